The highest BCUT2D eigenvalue weighted by Crippen LogP contribution is 2.35. The first kappa shape index (κ1) is 24.7. The van der Waals surface area contributed by atoms with Gasteiger partial charge in [0.1, 0.15) is 5.75 Å². The van der Waals surface area contributed by atoms with Crippen molar-refractivity contribution in [1.29, 1.82) is 0 Å². The van der Waals surface area contributed by atoms with Crippen LogP contribution in [0.25, 0.3) is 6.08 Å². The number of rotatable bonds is 10. The second kappa shape index (κ2) is 12.4. The van der Waals surface area contributed by atoms with Crippen molar-refractivity contribution in [2.75, 3.05) is 33.3 Å². The molecule has 3 aromatic rings. The SMILES string of the molecule is COc1cc(OC)c(OC)cc1/C=C/C(=O)OCC(=O)Nc1ccccc1Sc1ccccc1. The number of para-hydroxylation sites is 1. The molecule has 0 atom stereocenters. The van der Waals surface area contributed by atoms with E-state index in [1.165, 1.54) is 45.2 Å². The molecule has 0 fully saturated rings. The second-order valence-corrected chi connectivity index (χ2v) is 7.96. The van der Waals surface area contributed by atoms with Crippen LogP contribution in [0.4, 0.5) is 5.69 Å². The Kier molecular flexibility index (Phi) is 8.99. The molecule has 0 aromatic heterocycles. The Bertz CT molecular complexity index is 1160. The number of nitrogens with one attached hydrogen (secondary N) is 1. The van der Waals surface area contributed by atoms with Crippen LogP contribution in [-0.2, 0) is 14.3 Å². The van der Waals surface area contributed by atoms with Crippen LogP contribution in [0.2, 0.25) is 0 Å². The number of esters is 1. The third-order valence-corrected chi connectivity index (χ3v) is 5.70. The number of ether oxygens (including phenoxy) is 4. The average Bonchev–Trinajstić information content (AvgIpc) is 2.87. The summed E-state index contributed by atoms with van der Waals surface area (Å²) in [7, 11) is 4.55. The monoisotopic (exact) mass is 479 g/mol. The number of carbonyl (C=O) groups is 2. The van der Waals surface area contributed by atoms with Gasteiger partial charge < -0.3 is 24.3 Å². The molecule has 7 nitrogen and oxygen atoms in total. The van der Waals surface area contributed by atoms with Gasteiger partial charge in [0.25, 0.3) is 5.91 Å². The van der Waals surface area contributed by atoms with Crippen molar-refractivity contribution in [2.24, 2.45) is 0 Å². The minimum atomic E-state index is -0.668. The zero-order valence-electron chi connectivity index (χ0n) is 19.1. The smallest absolute Gasteiger partial charge is 0.331 e. The van der Waals surface area contributed by atoms with E-state index in [1.807, 2.05) is 48.5 Å². The molecule has 0 aliphatic heterocycles. The van der Waals surface area contributed by atoms with Crippen molar-refractivity contribution >= 4 is 35.4 Å². The van der Waals surface area contributed by atoms with Crippen LogP contribution >= 0.6 is 11.8 Å². The normalized spacial score (nSPS) is 10.6. The van der Waals surface area contributed by atoms with Crippen LogP contribution in [-0.4, -0.2) is 39.8 Å². The van der Waals surface area contributed by atoms with E-state index in [2.05, 4.69) is 5.32 Å². The molecule has 0 aliphatic carbocycles. The van der Waals surface area contributed by atoms with E-state index < -0.39 is 18.5 Å². The van der Waals surface area contributed by atoms with E-state index in [9.17, 15) is 9.59 Å². The summed E-state index contributed by atoms with van der Waals surface area (Å²) in [6.07, 6.45) is 2.74. The number of hydrogen-bond acceptors (Lipinski definition) is 7. The lowest BCUT2D eigenvalue weighted by Crippen LogP contribution is -2.20. The molecule has 176 valence electrons. The van der Waals surface area contributed by atoms with E-state index >= 15 is 0 Å². The molecule has 0 bridgehead atoms. The highest BCUT2D eigenvalue weighted by atomic mass is 32.2. The third kappa shape index (κ3) is 6.79. The molecule has 0 aliphatic rings. The van der Waals surface area contributed by atoms with Crippen molar-refractivity contribution in [3.8, 4) is 17.2 Å². The number of benzene rings is 3. The summed E-state index contributed by atoms with van der Waals surface area (Å²) in [5.41, 5.74) is 1.23. The zero-order valence-corrected chi connectivity index (χ0v) is 19.9. The Balaban J connectivity index is 1.59. The minimum absolute atomic E-state index is 0.420. The topological polar surface area (TPSA) is 83.1 Å². The van der Waals surface area contributed by atoms with Gasteiger partial charge in [0.15, 0.2) is 18.1 Å². The fourth-order valence-corrected chi connectivity index (χ4v) is 3.91. The van der Waals surface area contributed by atoms with Crippen molar-refractivity contribution in [3.63, 3.8) is 0 Å². The molecule has 34 heavy (non-hydrogen) atoms. The van der Waals surface area contributed by atoms with Crippen LogP contribution in [0, 0.1) is 0 Å². The van der Waals surface area contributed by atoms with Gasteiger partial charge in [-0.25, -0.2) is 4.79 Å². The Hall–Kier alpha value is -3.91. The molecular formula is C26H25NO6S. The summed E-state index contributed by atoms with van der Waals surface area (Å²) >= 11 is 1.53. The average molecular weight is 480 g/mol. The predicted molar refractivity (Wildman–Crippen MR) is 132 cm³/mol. The van der Waals surface area contributed by atoms with Crippen LogP contribution < -0.4 is 19.5 Å². The van der Waals surface area contributed by atoms with Gasteiger partial charge in [-0.3, -0.25) is 4.79 Å². The number of anilines is 1. The van der Waals surface area contributed by atoms with E-state index in [0.29, 0.717) is 28.5 Å². The maximum atomic E-state index is 12.4. The highest BCUT2D eigenvalue weighted by Gasteiger charge is 2.12. The summed E-state index contributed by atoms with van der Waals surface area (Å²) in [6.45, 7) is -0.420. The van der Waals surface area contributed by atoms with Gasteiger partial charge in [-0.05, 0) is 36.4 Å². The predicted octanol–water partition coefficient (Wildman–Crippen LogP) is 5.06. The van der Waals surface area contributed by atoms with Crippen LogP contribution in [0.15, 0.2) is 82.6 Å². The first-order valence-electron chi connectivity index (χ1n) is 10.3. The quantitative estimate of drug-likeness (QED) is 0.321. The lowest BCUT2D eigenvalue weighted by atomic mass is 10.1. The van der Waals surface area contributed by atoms with Gasteiger partial charge in [-0.2, -0.15) is 0 Å². The van der Waals surface area contributed by atoms with E-state index in [4.69, 9.17) is 18.9 Å². The van der Waals surface area contributed by atoms with E-state index in [0.717, 1.165) is 9.79 Å². The molecule has 0 saturated carbocycles. The molecule has 1 amide bonds. The van der Waals surface area contributed by atoms with Gasteiger partial charge in [-0.15, -0.1) is 0 Å². The largest absolute Gasteiger partial charge is 0.496 e. The van der Waals surface area contributed by atoms with E-state index in [1.54, 1.807) is 18.2 Å². The summed E-state index contributed by atoms with van der Waals surface area (Å²) in [5, 5.41) is 2.79. The standard InChI is InChI=1S/C26H25NO6S/c1-30-21-16-23(32-3)22(31-2)15-18(21)13-14-26(29)33-17-25(28)27-20-11-7-8-12-24(20)34-19-9-5-4-6-10-19/h4-16H,17H2,1-3H3,(H,27,28)/b14-13+. The molecule has 0 spiro atoms. The Morgan fingerprint density at radius 2 is 1.50 bits per heavy atom. The lowest BCUT2D eigenvalue weighted by molar-refractivity contribution is -0.142. The van der Waals surface area contributed by atoms with Gasteiger partial charge >= 0.3 is 5.97 Å². The number of carbonyl (C=O) groups excluding carboxylic acids is 2. The molecular weight excluding hydrogens is 454 g/mol. The first-order valence-corrected chi connectivity index (χ1v) is 11.1. The molecule has 3 rings (SSSR count). The fourth-order valence-electron chi connectivity index (χ4n) is 2.99. The fraction of sp³-hybridized carbons (Fsp3) is 0.154. The van der Waals surface area contributed by atoms with Gasteiger partial charge in [0.2, 0.25) is 0 Å². The molecule has 0 radical (unpaired) electrons. The van der Waals surface area contributed by atoms with Crippen LogP contribution in [0.5, 0.6) is 17.2 Å². The summed E-state index contributed by atoms with van der Waals surface area (Å²) in [6, 6.07) is 20.6. The van der Waals surface area contributed by atoms with Crippen molar-refractivity contribution in [1.82, 2.24) is 0 Å². The maximum Gasteiger partial charge on any atom is 0.331 e. The third-order valence-electron chi connectivity index (χ3n) is 4.61. The van der Waals surface area contributed by atoms with Crippen molar-refractivity contribution < 1.29 is 28.5 Å². The number of amides is 1. The second-order valence-electron chi connectivity index (χ2n) is 6.85. The van der Waals surface area contributed by atoms with Crippen LogP contribution in [0.3, 0.4) is 0 Å². The summed E-state index contributed by atoms with van der Waals surface area (Å²) in [5.74, 6) is 0.377. The molecule has 0 saturated heterocycles. The molecule has 3 aromatic carbocycles. The van der Waals surface area contributed by atoms with Gasteiger partial charge in [0.05, 0.1) is 27.0 Å². The van der Waals surface area contributed by atoms with Gasteiger partial charge in [-0.1, -0.05) is 42.1 Å². The zero-order chi connectivity index (χ0) is 24.3. The maximum absolute atomic E-state index is 12.4. The molecule has 1 N–H and O–H groups in total. The Labute approximate surface area is 202 Å². The van der Waals surface area contributed by atoms with Crippen molar-refractivity contribution in [3.05, 3.63) is 78.4 Å². The summed E-state index contributed by atoms with van der Waals surface area (Å²) in [4.78, 5) is 26.5. The minimum Gasteiger partial charge on any atom is -0.496 e. The highest BCUT2D eigenvalue weighted by molar-refractivity contribution is 7.99. The lowest BCUT2D eigenvalue weighted by Gasteiger charge is -2.12. The molecule has 0 heterocycles. The summed E-state index contributed by atoms with van der Waals surface area (Å²) < 4.78 is 21.0. The first-order chi connectivity index (χ1) is 16.5. The number of hydrogen-bond donors (Lipinski definition) is 1. The Morgan fingerprint density at radius 1 is 0.853 bits per heavy atom. The molecule has 8 heteroatoms. The number of methoxy groups -OCH3 is 3. The van der Waals surface area contributed by atoms with E-state index in [-0.39, 0.29) is 0 Å². The Morgan fingerprint density at radius 3 is 2.21 bits per heavy atom. The van der Waals surface area contributed by atoms with Crippen LogP contribution in [0.1, 0.15) is 5.56 Å². The van der Waals surface area contributed by atoms with Crippen molar-refractivity contribution in [2.45, 2.75) is 9.79 Å². The van der Waals surface area contributed by atoms with Gasteiger partial charge in [0, 0.05) is 27.5 Å². The molecule has 0 unspecified atom stereocenters.